The summed E-state index contributed by atoms with van der Waals surface area (Å²) in [6, 6.07) is 2.16. The molecule has 1 aromatic carbocycles. The topological polar surface area (TPSA) is 41.1 Å². The number of halogens is 2. The number of nitrogens with one attached hydrogen (secondary N) is 2. The second-order valence-electron chi connectivity index (χ2n) is 3.30. The highest BCUT2D eigenvalue weighted by atomic mass is 35.5. The van der Waals surface area contributed by atoms with Crippen LogP contribution in [0.4, 0.5) is 10.1 Å². The number of benzene rings is 1. The fraction of sp³-hybridized carbons (Fsp3) is 0.300. The van der Waals surface area contributed by atoms with Crippen molar-refractivity contribution in [1.82, 2.24) is 5.32 Å². The van der Waals surface area contributed by atoms with Crippen molar-refractivity contribution < 1.29 is 9.18 Å². The number of amides is 1. The Morgan fingerprint density at radius 3 is 3.00 bits per heavy atom. The molecule has 2 rings (SSSR count). The number of hydrogen-bond donors (Lipinski definition) is 2. The summed E-state index contributed by atoms with van der Waals surface area (Å²) >= 11 is 5.94. The Morgan fingerprint density at radius 2 is 2.33 bits per heavy atom. The summed E-state index contributed by atoms with van der Waals surface area (Å²) in [7, 11) is 0. The van der Waals surface area contributed by atoms with Gasteiger partial charge < -0.3 is 10.6 Å². The SMILES string of the molecule is CCNC1C(=O)Nc2c(F)ccc(Cl)c21. The molecule has 0 saturated heterocycles. The predicted octanol–water partition coefficient (Wildman–Crippen LogP) is 2.08. The van der Waals surface area contributed by atoms with Gasteiger partial charge in [-0.15, -0.1) is 0 Å². The van der Waals surface area contributed by atoms with Gasteiger partial charge in [-0.05, 0) is 18.7 Å². The van der Waals surface area contributed by atoms with Crippen molar-refractivity contribution in [2.45, 2.75) is 13.0 Å². The highest BCUT2D eigenvalue weighted by Gasteiger charge is 2.33. The van der Waals surface area contributed by atoms with Gasteiger partial charge in [0, 0.05) is 10.6 Å². The van der Waals surface area contributed by atoms with E-state index in [4.69, 9.17) is 11.6 Å². The summed E-state index contributed by atoms with van der Waals surface area (Å²) < 4.78 is 13.4. The van der Waals surface area contributed by atoms with Gasteiger partial charge in [-0.25, -0.2) is 4.39 Å². The molecule has 3 nitrogen and oxygen atoms in total. The number of anilines is 1. The molecule has 5 heteroatoms. The van der Waals surface area contributed by atoms with Gasteiger partial charge in [-0.3, -0.25) is 4.79 Å². The Labute approximate surface area is 91.6 Å². The van der Waals surface area contributed by atoms with Crippen LogP contribution in [0.3, 0.4) is 0 Å². The van der Waals surface area contributed by atoms with E-state index in [0.717, 1.165) is 0 Å². The van der Waals surface area contributed by atoms with E-state index in [-0.39, 0.29) is 11.6 Å². The molecule has 1 amide bonds. The van der Waals surface area contributed by atoms with E-state index in [1.165, 1.54) is 12.1 Å². The zero-order valence-corrected chi connectivity index (χ0v) is 8.86. The Morgan fingerprint density at radius 1 is 1.60 bits per heavy atom. The summed E-state index contributed by atoms with van der Waals surface area (Å²) in [5, 5.41) is 5.83. The van der Waals surface area contributed by atoms with Crippen LogP contribution >= 0.6 is 11.6 Å². The average molecular weight is 229 g/mol. The van der Waals surface area contributed by atoms with E-state index >= 15 is 0 Å². The maximum Gasteiger partial charge on any atom is 0.246 e. The monoisotopic (exact) mass is 228 g/mol. The third-order valence-electron chi connectivity index (χ3n) is 2.35. The van der Waals surface area contributed by atoms with E-state index in [2.05, 4.69) is 10.6 Å². The molecule has 0 radical (unpaired) electrons. The number of fused-ring (bicyclic) bond motifs is 1. The third-order valence-corrected chi connectivity index (χ3v) is 2.68. The number of hydrogen-bond acceptors (Lipinski definition) is 2. The number of carbonyl (C=O) groups excluding carboxylic acids is 1. The van der Waals surface area contributed by atoms with Gasteiger partial charge in [0.1, 0.15) is 11.9 Å². The second-order valence-corrected chi connectivity index (χ2v) is 3.71. The van der Waals surface area contributed by atoms with Gasteiger partial charge in [0.25, 0.3) is 0 Å². The predicted molar refractivity (Wildman–Crippen MR) is 56.5 cm³/mol. The Bertz CT molecular complexity index is 422. The van der Waals surface area contributed by atoms with Gasteiger partial charge in [-0.1, -0.05) is 18.5 Å². The van der Waals surface area contributed by atoms with Gasteiger partial charge in [0.15, 0.2) is 0 Å². The van der Waals surface area contributed by atoms with Crippen molar-refractivity contribution in [1.29, 1.82) is 0 Å². The van der Waals surface area contributed by atoms with E-state index in [9.17, 15) is 9.18 Å². The average Bonchev–Trinajstić information content (AvgIpc) is 2.53. The normalized spacial score (nSPS) is 18.9. The van der Waals surface area contributed by atoms with Crippen LogP contribution in [0.5, 0.6) is 0 Å². The first kappa shape index (κ1) is 10.4. The molecule has 2 N–H and O–H groups in total. The first-order valence-electron chi connectivity index (χ1n) is 4.67. The summed E-state index contributed by atoms with van der Waals surface area (Å²) in [6.07, 6.45) is 0. The van der Waals surface area contributed by atoms with Crippen LogP contribution in [0.15, 0.2) is 12.1 Å². The zero-order valence-electron chi connectivity index (χ0n) is 8.10. The molecule has 1 aliphatic heterocycles. The fourth-order valence-corrected chi connectivity index (χ4v) is 1.97. The van der Waals surface area contributed by atoms with E-state index < -0.39 is 11.9 Å². The van der Waals surface area contributed by atoms with Crippen molar-refractivity contribution in [2.24, 2.45) is 0 Å². The minimum atomic E-state index is -0.548. The van der Waals surface area contributed by atoms with Gasteiger partial charge in [-0.2, -0.15) is 0 Å². The molecular weight excluding hydrogens is 219 g/mol. The standard InChI is InChI=1S/C10H10ClFN2O/c1-2-13-9-7-5(11)3-4-6(12)8(7)14-10(9)15/h3-4,9,13H,2H2,1H3,(H,14,15). The lowest BCUT2D eigenvalue weighted by Crippen LogP contribution is -2.27. The van der Waals surface area contributed by atoms with Crippen molar-refractivity contribution in [3.05, 3.63) is 28.5 Å². The number of likely N-dealkylation sites (N-methyl/N-ethyl adjacent to an activating group) is 1. The van der Waals surface area contributed by atoms with Crippen molar-refractivity contribution in [3.63, 3.8) is 0 Å². The van der Waals surface area contributed by atoms with Crippen LogP contribution < -0.4 is 10.6 Å². The molecule has 80 valence electrons. The number of carbonyl (C=O) groups is 1. The van der Waals surface area contributed by atoms with Gasteiger partial charge >= 0.3 is 0 Å². The molecule has 0 fully saturated rings. The summed E-state index contributed by atoms with van der Waals surface area (Å²) in [5.74, 6) is -0.720. The molecule has 0 bridgehead atoms. The largest absolute Gasteiger partial charge is 0.322 e. The maximum absolute atomic E-state index is 13.4. The molecule has 0 aliphatic carbocycles. The molecule has 0 spiro atoms. The molecule has 1 aromatic rings. The van der Waals surface area contributed by atoms with Crippen molar-refractivity contribution in [2.75, 3.05) is 11.9 Å². The van der Waals surface area contributed by atoms with E-state index in [0.29, 0.717) is 17.1 Å². The Kier molecular flexibility index (Phi) is 2.63. The highest BCUT2D eigenvalue weighted by molar-refractivity contribution is 6.32. The van der Waals surface area contributed by atoms with Crippen LogP contribution in [-0.4, -0.2) is 12.5 Å². The minimum Gasteiger partial charge on any atom is -0.322 e. The second kappa shape index (κ2) is 3.79. The Hall–Kier alpha value is -1.13. The molecule has 1 heterocycles. The quantitative estimate of drug-likeness (QED) is 0.814. The molecular formula is C10H10ClFN2O. The molecule has 1 atom stereocenters. The lowest BCUT2D eigenvalue weighted by Gasteiger charge is -2.10. The third kappa shape index (κ3) is 1.60. The smallest absolute Gasteiger partial charge is 0.246 e. The fourth-order valence-electron chi connectivity index (χ4n) is 1.70. The summed E-state index contributed by atoms with van der Waals surface area (Å²) in [6.45, 7) is 2.49. The van der Waals surface area contributed by atoms with Crippen molar-refractivity contribution >= 4 is 23.2 Å². The lowest BCUT2D eigenvalue weighted by atomic mass is 10.1. The van der Waals surface area contributed by atoms with Crippen molar-refractivity contribution in [3.8, 4) is 0 Å². The Balaban J connectivity index is 2.52. The summed E-state index contributed by atoms with van der Waals surface area (Å²) in [5.41, 5.74) is 0.696. The van der Waals surface area contributed by atoms with E-state index in [1.54, 1.807) is 0 Å². The van der Waals surface area contributed by atoms with Crippen LogP contribution in [0.2, 0.25) is 5.02 Å². The molecule has 0 aromatic heterocycles. The first-order chi connectivity index (χ1) is 7.15. The van der Waals surface area contributed by atoms with Crippen LogP contribution in [0, 0.1) is 5.82 Å². The number of rotatable bonds is 2. The van der Waals surface area contributed by atoms with Gasteiger partial charge in [0.05, 0.1) is 5.69 Å². The molecule has 1 aliphatic rings. The van der Waals surface area contributed by atoms with Crippen LogP contribution in [0.25, 0.3) is 0 Å². The van der Waals surface area contributed by atoms with Gasteiger partial charge in [0.2, 0.25) is 5.91 Å². The lowest BCUT2D eigenvalue weighted by molar-refractivity contribution is -0.117. The zero-order chi connectivity index (χ0) is 11.0. The minimum absolute atomic E-state index is 0.193. The highest BCUT2D eigenvalue weighted by Crippen LogP contribution is 2.37. The molecule has 1 unspecified atom stereocenters. The van der Waals surface area contributed by atoms with Crippen LogP contribution in [-0.2, 0) is 4.79 Å². The van der Waals surface area contributed by atoms with Crippen LogP contribution in [0.1, 0.15) is 18.5 Å². The first-order valence-corrected chi connectivity index (χ1v) is 5.05. The maximum atomic E-state index is 13.4. The summed E-state index contributed by atoms with van der Waals surface area (Å²) in [4.78, 5) is 11.5. The molecule has 0 saturated carbocycles. The molecule has 15 heavy (non-hydrogen) atoms. The van der Waals surface area contributed by atoms with E-state index in [1.807, 2.05) is 6.92 Å².